The molecule has 1 aromatic heterocycles. The van der Waals surface area contributed by atoms with Gasteiger partial charge in [-0.1, -0.05) is 24.3 Å². The van der Waals surface area contributed by atoms with Crippen LogP contribution in [-0.4, -0.2) is 24.6 Å². The topological polar surface area (TPSA) is 72.5 Å². The number of benzene rings is 2. The third-order valence-corrected chi connectivity index (χ3v) is 3.50. The zero-order valence-electron chi connectivity index (χ0n) is 14.3. The minimum Gasteiger partial charge on any atom is -0.497 e. The minimum absolute atomic E-state index is 0.0739. The van der Waals surface area contributed by atoms with Gasteiger partial charge in [-0.3, -0.25) is 4.79 Å². The molecule has 0 radical (unpaired) electrons. The molecule has 0 spiro atoms. The molecule has 1 heterocycles. The number of nitrogens with zero attached hydrogens (tertiary/aromatic N) is 1. The highest BCUT2D eigenvalue weighted by Crippen LogP contribution is 2.21. The summed E-state index contributed by atoms with van der Waals surface area (Å²) in [6.07, 6.45) is 1.65. The highest BCUT2D eigenvalue weighted by atomic mass is 16.5. The minimum atomic E-state index is -0.269. The van der Waals surface area contributed by atoms with Crippen molar-refractivity contribution < 1.29 is 14.3 Å². The second kappa shape index (κ2) is 8.53. The van der Waals surface area contributed by atoms with Crippen LogP contribution in [0.1, 0.15) is 0 Å². The van der Waals surface area contributed by atoms with Gasteiger partial charge in [0.15, 0.2) is 6.61 Å². The van der Waals surface area contributed by atoms with Gasteiger partial charge in [0.2, 0.25) is 0 Å². The number of anilines is 3. The maximum Gasteiger partial charge on any atom is 0.263 e. The van der Waals surface area contributed by atoms with E-state index in [1.165, 1.54) is 0 Å². The molecular weight excluding hydrogens is 330 g/mol. The largest absolute Gasteiger partial charge is 0.497 e. The molecule has 1 amide bonds. The molecule has 3 rings (SSSR count). The predicted octanol–water partition coefficient (Wildman–Crippen LogP) is 3.85. The summed E-state index contributed by atoms with van der Waals surface area (Å²) in [5.41, 5.74) is 1.69. The third kappa shape index (κ3) is 4.98. The van der Waals surface area contributed by atoms with Gasteiger partial charge in [-0.25, -0.2) is 4.98 Å². The average Bonchev–Trinajstić information content (AvgIpc) is 2.69. The summed E-state index contributed by atoms with van der Waals surface area (Å²) in [5.74, 6) is 1.61. The highest BCUT2D eigenvalue weighted by Gasteiger charge is 2.05. The number of methoxy groups -OCH3 is 1. The number of carbonyl (C=O) groups excluding carboxylic acids is 1. The first-order chi connectivity index (χ1) is 12.7. The molecule has 0 fully saturated rings. The lowest BCUT2D eigenvalue weighted by molar-refractivity contribution is -0.118. The first-order valence-corrected chi connectivity index (χ1v) is 8.08. The Morgan fingerprint density at radius 3 is 2.50 bits per heavy atom. The van der Waals surface area contributed by atoms with E-state index in [0.29, 0.717) is 11.6 Å². The number of nitrogens with one attached hydrogen (secondary N) is 2. The second-order valence-corrected chi connectivity index (χ2v) is 5.44. The summed E-state index contributed by atoms with van der Waals surface area (Å²) < 4.78 is 10.6. The molecule has 0 saturated heterocycles. The van der Waals surface area contributed by atoms with Crippen molar-refractivity contribution in [3.63, 3.8) is 0 Å². The van der Waals surface area contributed by atoms with Crippen molar-refractivity contribution in [2.45, 2.75) is 0 Å². The van der Waals surface area contributed by atoms with Crippen LogP contribution in [0.15, 0.2) is 72.9 Å². The van der Waals surface area contributed by atoms with E-state index in [9.17, 15) is 4.79 Å². The number of ether oxygens (including phenoxy) is 2. The van der Waals surface area contributed by atoms with E-state index >= 15 is 0 Å². The van der Waals surface area contributed by atoms with E-state index in [1.54, 1.807) is 31.5 Å². The molecule has 132 valence electrons. The van der Waals surface area contributed by atoms with Gasteiger partial charge in [-0.15, -0.1) is 0 Å². The van der Waals surface area contributed by atoms with Gasteiger partial charge in [0.25, 0.3) is 5.91 Å². The van der Waals surface area contributed by atoms with Gasteiger partial charge < -0.3 is 20.1 Å². The lowest BCUT2D eigenvalue weighted by atomic mass is 10.3. The van der Waals surface area contributed by atoms with Crippen LogP contribution < -0.4 is 20.1 Å². The molecule has 2 aromatic carbocycles. The summed E-state index contributed by atoms with van der Waals surface area (Å²) in [6, 6.07) is 20.3. The molecule has 26 heavy (non-hydrogen) atoms. The molecule has 2 N–H and O–H groups in total. The smallest absolute Gasteiger partial charge is 0.263 e. The van der Waals surface area contributed by atoms with Gasteiger partial charge in [0.1, 0.15) is 17.3 Å². The summed E-state index contributed by atoms with van der Waals surface area (Å²) >= 11 is 0. The molecule has 0 aliphatic heterocycles. The standard InChI is InChI=1S/C20H19N3O3/c1-25-18-9-5-6-15(12-18)22-16-10-11-19(21-13-16)23-20(24)14-26-17-7-3-2-4-8-17/h2-13,22H,14H2,1H3,(H,21,23,24). The molecule has 3 aromatic rings. The fourth-order valence-electron chi connectivity index (χ4n) is 2.25. The second-order valence-electron chi connectivity index (χ2n) is 5.44. The van der Waals surface area contributed by atoms with E-state index < -0.39 is 0 Å². The monoisotopic (exact) mass is 349 g/mol. The first-order valence-electron chi connectivity index (χ1n) is 8.08. The zero-order chi connectivity index (χ0) is 18.2. The zero-order valence-corrected chi connectivity index (χ0v) is 14.3. The Balaban J connectivity index is 1.53. The van der Waals surface area contributed by atoms with Crippen molar-refractivity contribution in [3.8, 4) is 11.5 Å². The van der Waals surface area contributed by atoms with Crippen LogP contribution in [0.2, 0.25) is 0 Å². The number of amides is 1. The van der Waals surface area contributed by atoms with Gasteiger partial charge in [-0.2, -0.15) is 0 Å². The molecule has 0 bridgehead atoms. The first kappa shape index (κ1) is 17.3. The lowest BCUT2D eigenvalue weighted by Crippen LogP contribution is -2.20. The molecule has 0 aliphatic rings. The van der Waals surface area contributed by atoms with Crippen molar-refractivity contribution >= 4 is 23.1 Å². The summed E-state index contributed by atoms with van der Waals surface area (Å²) in [5, 5.41) is 5.92. The molecule has 0 unspecified atom stereocenters. The summed E-state index contributed by atoms with van der Waals surface area (Å²) in [7, 11) is 1.62. The summed E-state index contributed by atoms with van der Waals surface area (Å²) in [4.78, 5) is 16.2. The van der Waals surface area contributed by atoms with Crippen LogP contribution in [0.25, 0.3) is 0 Å². The van der Waals surface area contributed by atoms with E-state index in [-0.39, 0.29) is 12.5 Å². The van der Waals surface area contributed by atoms with Crippen LogP contribution in [0.5, 0.6) is 11.5 Å². The Kier molecular flexibility index (Phi) is 5.67. The van der Waals surface area contributed by atoms with Crippen LogP contribution >= 0.6 is 0 Å². The average molecular weight is 349 g/mol. The fraction of sp³-hybridized carbons (Fsp3) is 0.100. The van der Waals surface area contributed by atoms with Gasteiger partial charge >= 0.3 is 0 Å². The van der Waals surface area contributed by atoms with E-state index in [0.717, 1.165) is 17.1 Å². The maximum atomic E-state index is 11.9. The molecule has 0 aliphatic carbocycles. The predicted molar refractivity (Wildman–Crippen MR) is 101 cm³/mol. The number of pyridine rings is 1. The van der Waals surface area contributed by atoms with Crippen LogP contribution in [0, 0.1) is 0 Å². The quantitative estimate of drug-likeness (QED) is 0.678. The van der Waals surface area contributed by atoms with Crippen molar-refractivity contribution in [3.05, 3.63) is 72.9 Å². The Morgan fingerprint density at radius 1 is 0.962 bits per heavy atom. The number of para-hydroxylation sites is 1. The lowest BCUT2D eigenvalue weighted by Gasteiger charge is -2.09. The Labute approximate surface area is 151 Å². The van der Waals surface area contributed by atoms with Crippen LogP contribution in [-0.2, 0) is 4.79 Å². The molecule has 6 nitrogen and oxygen atoms in total. The van der Waals surface area contributed by atoms with Crippen molar-refractivity contribution in [2.75, 3.05) is 24.4 Å². The van der Waals surface area contributed by atoms with E-state index in [4.69, 9.17) is 9.47 Å². The molecule has 0 saturated carbocycles. The van der Waals surface area contributed by atoms with E-state index in [1.807, 2.05) is 48.5 Å². The van der Waals surface area contributed by atoms with Gasteiger partial charge in [0.05, 0.1) is 19.0 Å². The molecule has 6 heteroatoms. The van der Waals surface area contributed by atoms with Gasteiger partial charge in [-0.05, 0) is 36.4 Å². The van der Waals surface area contributed by atoms with E-state index in [2.05, 4.69) is 15.6 Å². The van der Waals surface area contributed by atoms with Crippen molar-refractivity contribution in [1.82, 2.24) is 4.98 Å². The van der Waals surface area contributed by atoms with Crippen LogP contribution in [0.4, 0.5) is 17.2 Å². The Hall–Kier alpha value is -3.54. The third-order valence-electron chi connectivity index (χ3n) is 3.50. The highest BCUT2D eigenvalue weighted by molar-refractivity contribution is 5.91. The molecule has 0 atom stereocenters. The number of hydrogen-bond donors (Lipinski definition) is 2. The Bertz CT molecular complexity index is 852. The number of carbonyl (C=O) groups is 1. The molecular formula is C20H19N3O3. The Morgan fingerprint density at radius 2 is 1.77 bits per heavy atom. The fourth-order valence-corrected chi connectivity index (χ4v) is 2.25. The maximum absolute atomic E-state index is 11.9. The number of aromatic nitrogens is 1. The number of rotatable bonds is 7. The summed E-state index contributed by atoms with van der Waals surface area (Å²) in [6.45, 7) is -0.0739. The number of hydrogen-bond acceptors (Lipinski definition) is 5. The normalized spacial score (nSPS) is 10.0. The van der Waals surface area contributed by atoms with Crippen molar-refractivity contribution in [2.24, 2.45) is 0 Å². The van der Waals surface area contributed by atoms with Gasteiger partial charge in [0, 0.05) is 11.8 Å². The van der Waals surface area contributed by atoms with Crippen LogP contribution in [0.3, 0.4) is 0 Å². The van der Waals surface area contributed by atoms with Crippen molar-refractivity contribution in [1.29, 1.82) is 0 Å². The SMILES string of the molecule is COc1cccc(Nc2ccc(NC(=O)COc3ccccc3)nc2)c1.